The van der Waals surface area contributed by atoms with Crippen molar-refractivity contribution in [2.75, 3.05) is 26.0 Å². The first-order chi connectivity index (χ1) is 9.40. The summed E-state index contributed by atoms with van der Waals surface area (Å²) in [5, 5.41) is 10.6. The van der Waals surface area contributed by atoms with E-state index in [0.717, 1.165) is 0 Å². The Balaban J connectivity index is 4.66. The van der Waals surface area contributed by atoms with Gasteiger partial charge in [0, 0.05) is 0 Å². The number of hydroxylamine groups is 2. The number of nitrogens with two attached hydrogens (primary N) is 2. The van der Waals surface area contributed by atoms with Gasteiger partial charge in [-0.05, 0) is 33.2 Å². The van der Waals surface area contributed by atoms with E-state index in [1.807, 2.05) is 0 Å². The maximum absolute atomic E-state index is 12.3. The van der Waals surface area contributed by atoms with Crippen LogP contribution < -0.4 is 11.5 Å². The summed E-state index contributed by atoms with van der Waals surface area (Å²) in [6, 6.07) is -0.934. The van der Waals surface area contributed by atoms with Crippen LogP contribution in [0.1, 0.15) is 33.1 Å². The molecule has 0 fully saturated rings. The molecule has 0 bridgehead atoms. The molecule has 0 saturated heterocycles. The van der Waals surface area contributed by atoms with E-state index in [2.05, 4.69) is 0 Å². The molecule has 20 heavy (non-hydrogen) atoms. The second kappa shape index (κ2) is 10.3. The zero-order valence-corrected chi connectivity index (χ0v) is 13.1. The molecule has 0 aromatic rings. The van der Waals surface area contributed by atoms with Crippen molar-refractivity contribution in [2.24, 2.45) is 11.5 Å². The Bertz CT molecular complexity index is 319. The third-order valence-electron chi connectivity index (χ3n) is 2.59. The van der Waals surface area contributed by atoms with Gasteiger partial charge >= 0.3 is 7.60 Å². The van der Waals surface area contributed by atoms with Crippen molar-refractivity contribution in [3.05, 3.63) is 0 Å². The molecule has 0 rings (SSSR count). The Morgan fingerprint density at radius 2 is 1.85 bits per heavy atom. The van der Waals surface area contributed by atoms with Crippen molar-refractivity contribution >= 4 is 13.5 Å². The summed E-state index contributed by atoms with van der Waals surface area (Å²) >= 11 is 0. The minimum atomic E-state index is -3.46. The summed E-state index contributed by atoms with van der Waals surface area (Å²) in [5.41, 5.74) is 10.6. The molecule has 1 amide bonds. The Labute approximate surface area is 119 Å². The third kappa shape index (κ3) is 7.33. The molecule has 5 N–H and O–H groups in total. The molecular weight excluding hydrogens is 285 g/mol. The Kier molecular flexibility index (Phi) is 10.0. The highest BCUT2D eigenvalue weighted by atomic mass is 31.2. The highest BCUT2D eigenvalue weighted by molar-refractivity contribution is 7.53. The van der Waals surface area contributed by atoms with Crippen molar-refractivity contribution < 1.29 is 23.6 Å². The maximum atomic E-state index is 12.3. The molecule has 120 valence electrons. The first-order valence-corrected chi connectivity index (χ1v) is 8.46. The van der Waals surface area contributed by atoms with Crippen molar-refractivity contribution in [3.8, 4) is 0 Å². The van der Waals surface area contributed by atoms with Gasteiger partial charge in [0.25, 0.3) is 0 Å². The van der Waals surface area contributed by atoms with Gasteiger partial charge in [-0.25, -0.2) is 0 Å². The van der Waals surface area contributed by atoms with Gasteiger partial charge in [0.1, 0.15) is 12.3 Å². The van der Waals surface area contributed by atoms with Gasteiger partial charge in [0.2, 0.25) is 5.91 Å². The fourth-order valence-electron chi connectivity index (χ4n) is 1.71. The molecule has 0 saturated carbocycles. The van der Waals surface area contributed by atoms with Crippen molar-refractivity contribution in [2.45, 2.75) is 39.2 Å². The topological polar surface area (TPSA) is 128 Å². The average molecular weight is 311 g/mol. The quantitative estimate of drug-likeness (QED) is 0.277. The minimum Gasteiger partial charge on any atom is -0.368 e. The summed E-state index contributed by atoms with van der Waals surface area (Å²) in [6.45, 7) is 4.19. The van der Waals surface area contributed by atoms with Gasteiger partial charge in [-0.1, -0.05) is 6.42 Å². The first kappa shape index (κ1) is 19.5. The van der Waals surface area contributed by atoms with Crippen LogP contribution in [0.25, 0.3) is 0 Å². The van der Waals surface area contributed by atoms with Gasteiger partial charge < -0.3 is 25.7 Å². The van der Waals surface area contributed by atoms with E-state index in [4.69, 9.17) is 20.5 Å². The molecule has 0 heterocycles. The lowest BCUT2D eigenvalue weighted by Crippen LogP contribution is -2.43. The Morgan fingerprint density at radius 1 is 1.30 bits per heavy atom. The Morgan fingerprint density at radius 3 is 2.25 bits per heavy atom. The van der Waals surface area contributed by atoms with E-state index in [-0.39, 0.29) is 13.2 Å². The monoisotopic (exact) mass is 311 g/mol. The summed E-state index contributed by atoms with van der Waals surface area (Å²) in [7, 11) is -3.46. The largest absolute Gasteiger partial charge is 0.368 e. The summed E-state index contributed by atoms with van der Waals surface area (Å²) < 4.78 is 22.4. The molecule has 0 unspecified atom stereocenters. The van der Waals surface area contributed by atoms with Gasteiger partial charge in [-0.2, -0.15) is 5.06 Å². The molecule has 0 aliphatic carbocycles. The molecular formula is C11H26N3O5P. The van der Waals surface area contributed by atoms with Gasteiger partial charge in [-0.3, -0.25) is 9.36 Å². The number of amides is 1. The number of nitrogens with zero attached hydrogens (tertiary/aromatic N) is 1. The van der Waals surface area contributed by atoms with Crippen LogP contribution in [0.3, 0.4) is 0 Å². The van der Waals surface area contributed by atoms with Crippen LogP contribution in [-0.4, -0.2) is 48.3 Å². The van der Waals surface area contributed by atoms with Crippen LogP contribution in [0, 0.1) is 0 Å². The number of hydrogen-bond donors (Lipinski definition) is 3. The van der Waals surface area contributed by atoms with Crippen LogP contribution >= 0.6 is 7.60 Å². The molecule has 0 aliphatic heterocycles. The van der Waals surface area contributed by atoms with Gasteiger partial charge in [0.15, 0.2) is 0 Å². The molecule has 9 heteroatoms. The zero-order valence-electron chi connectivity index (χ0n) is 12.2. The molecule has 0 aliphatic rings. The molecule has 0 spiro atoms. The number of unbranched alkanes of at least 4 members (excludes halogenated alkanes) is 1. The summed E-state index contributed by atoms with van der Waals surface area (Å²) in [5.74, 6) is -0.691. The first-order valence-electron chi connectivity index (χ1n) is 6.73. The smallest absolute Gasteiger partial charge is 0.346 e. The van der Waals surface area contributed by atoms with Gasteiger partial charge in [0.05, 0.1) is 13.2 Å². The average Bonchev–Trinajstić information content (AvgIpc) is 2.34. The molecule has 0 aromatic heterocycles. The number of primary amides is 1. The normalized spacial score (nSPS) is 13.7. The SMILES string of the molecule is CCOP(=O)(CN(O)[C@@H](CCCCN)C(N)=O)OCC. The van der Waals surface area contributed by atoms with E-state index in [1.165, 1.54) is 0 Å². The molecule has 0 aromatic carbocycles. The van der Waals surface area contributed by atoms with E-state index in [0.29, 0.717) is 30.9 Å². The lowest BCUT2D eigenvalue weighted by atomic mass is 10.1. The minimum absolute atomic E-state index is 0.180. The number of rotatable bonds is 12. The van der Waals surface area contributed by atoms with E-state index >= 15 is 0 Å². The van der Waals surface area contributed by atoms with Crippen molar-refractivity contribution in [1.82, 2.24) is 5.06 Å². The van der Waals surface area contributed by atoms with E-state index in [9.17, 15) is 14.6 Å². The lowest BCUT2D eigenvalue weighted by Gasteiger charge is -2.26. The molecule has 0 radical (unpaired) electrons. The second-order valence-corrected chi connectivity index (χ2v) is 6.25. The van der Waals surface area contributed by atoms with Crippen LogP contribution in [0.15, 0.2) is 0 Å². The number of carbonyl (C=O) groups excluding carboxylic acids is 1. The zero-order chi connectivity index (χ0) is 15.6. The molecule has 1 atom stereocenters. The van der Waals surface area contributed by atoms with Crippen molar-refractivity contribution in [1.29, 1.82) is 0 Å². The maximum Gasteiger partial charge on any atom is 0.346 e. The van der Waals surface area contributed by atoms with Crippen molar-refractivity contribution in [3.63, 3.8) is 0 Å². The lowest BCUT2D eigenvalue weighted by molar-refractivity contribution is -0.148. The van der Waals surface area contributed by atoms with Crippen LogP contribution in [-0.2, 0) is 18.4 Å². The number of hydrogen-bond acceptors (Lipinski definition) is 7. The standard InChI is InChI=1S/C11H26N3O5P/c1-3-18-20(17,19-4-2)9-14(16)10(11(13)15)7-5-6-8-12/h10,16H,3-9,12H2,1-2H3,(H2,13,15)/t10-/m0/s1. The Hall–Kier alpha value is -0.500. The molecule has 8 nitrogen and oxygen atoms in total. The third-order valence-corrected chi connectivity index (χ3v) is 4.53. The fourth-order valence-corrected chi connectivity index (χ4v) is 3.29. The van der Waals surface area contributed by atoms with E-state index < -0.39 is 25.8 Å². The van der Waals surface area contributed by atoms with Gasteiger partial charge in [-0.15, -0.1) is 0 Å². The fraction of sp³-hybridized carbons (Fsp3) is 0.909. The predicted molar refractivity (Wildman–Crippen MR) is 75.2 cm³/mol. The highest BCUT2D eigenvalue weighted by Gasteiger charge is 2.32. The van der Waals surface area contributed by atoms with E-state index in [1.54, 1.807) is 13.8 Å². The summed E-state index contributed by atoms with van der Waals surface area (Å²) in [6.07, 6.45) is 1.28. The van der Waals surface area contributed by atoms with Crippen LogP contribution in [0.4, 0.5) is 0 Å². The second-order valence-electron chi connectivity index (χ2n) is 4.23. The number of carbonyl (C=O) groups is 1. The predicted octanol–water partition coefficient (Wildman–Crippen LogP) is 0.884. The highest BCUT2D eigenvalue weighted by Crippen LogP contribution is 2.48. The van der Waals surface area contributed by atoms with Crippen LogP contribution in [0.5, 0.6) is 0 Å². The van der Waals surface area contributed by atoms with Crippen LogP contribution in [0.2, 0.25) is 0 Å². The summed E-state index contributed by atoms with van der Waals surface area (Å²) in [4.78, 5) is 11.4.